The Labute approximate surface area is 534 Å². The Morgan fingerprint density at radius 1 is 0.420 bits per heavy atom. The van der Waals surface area contributed by atoms with Crippen LogP contribution in [0, 0.1) is 44.8 Å². The van der Waals surface area contributed by atoms with E-state index < -0.39 is 88.3 Å². The van der Waals surface area contributed by atoms with Gasteiger partial charge in [0.05, 0.1) is 53.5 Å². The molecule has 0 aromatic carbocycles. The Morgan fingerprint density at radius 3 is 0.989 bits per heavy atom. The van der Waals surface area contributed by atoms with E-state index in [0.717, 1.165) is 57.8 Å². The molecule has 1 saturated carbocycles. The SMILES string of the molecule is CCC(C)(C)C(=O)OC1CC(C(C)(O)C(F)(F)F)CC(C(C)(O)C(F)(F)F)C1.CCC(C)(C)C(=O)OCCC[Si](C)(C)C.CCC(C)(C)C(=O)OCCC[Si](C)(C)C.CCCCC(CC)COC(=O)C(C)(C)CC.CCCCCCOC(=O)C(C)(C)CC. The Morgan fingerprint density at radius 2 is 0.716 bits per heavy atom. The molecule has 0 aromatic heterocycles. The van der Waals surface area contributed by atoms with E-state index in [1.807, 2.05) is 83.1 Å². The highest BCUT2D eigenvalue weighted by molar-refractivity contribution is 6.76. The quantitative estimate of drug-likeness (QED) is 0.0215. The van der Waals surface area contributed by atoms with Gasteiger partial charge in [0.2, 0.25) is 0 Å². The van der Waals surface area contributed by atoms with Crippen LogP contribution >= 0.6 is 0 Å². The summed E-state index contributed by atoms with van der Waals surface area (Å²) in [6.07, 6.45) is 1.93. The van der Waals surface area contributed by atoms with Crippen molar-refractivity contribution in [3.8, 4) is 0 Å². The molecule has 0 amide bonds. The summed E-state index contributed by atoms with van der Waals surface area (Å²) in [6.45, 7) is 52.3. The van der Waals surface area contributed by atoms with Gasteiger partial charge in [-0.15, -0.1) is 0 Å². The van der Waals surface area contributed by atoms with Crippen LogP contribution in [0.1, 0.15) is 254 Å². The molecule has 0 heterocycles. The largest absolute Gasteiger partial charge is 0.465 e. The van der Waals surface area contributed by atoms with Gasteiger partial charge in [0.15, 0.2) is 11.2 Å². The molecule has 0 aliphatic heterocycles. The number of aliphatic hydroxyl groups is 2. The van der Waals surface area contributed by atoms with Crippen LogP contribution in [0.25, 0.3) is 0 Å². The van der Waals surface area contributed by atoms with Crippen molar-refractivity contribution < 1.29 is 84.2 Å². The molecule has 5 atom stereocenters. The third-order valence-corrected chi connectivity index (χ3v) is 21.4. The molecule has 1 fully saturated rings. The number of hydrogen-bond donors (Lipinski definition) is 2. The summed E-state index contributed by atoms with van der Waals surface area (Å²) in [7, 11) is -1.95. The monoisotopic (exact) mass is 1310 g/mol. The van der Waals surface area contributed by atoms with Gasteiger partial charge in [-0.25, -0.2) is 0 Å². The first-order valence-corrected chi connectivity index (χ1v) is 40.6. The summed E-state index contributed by atoms with van der Waals surface area (Å²) >= 11 is 0. The predicted molar refractivity (Wildman–Crippen MR) is 351 cm³/mol. The van der Waals surface area contributed by atoms with E-state index in [1.54, 1.807) is 20.8 Å². The normalized spacial score (nSPS) is 17.8. The first kappa shape index (κ1) is 91.7. The van der Waals surface area contributed by atoms with E-state index >= 15 is 0 Å². The number of rotatable bonds is 32. The fraction of sp³-hybridized carbons (Fsp3) is 0.926. The number of unbranched alkanes of at least 4 members (excludes halogenated alkanes) is 4. The van der Waals surface area contributed by atoms with Crippen LogP contribution in [0.2, 0.25) is 51.4 Å². The van der Waals surface area contributed by atoms with Gasteiger partial charge in [-0.1, -0.05) is 145 Å². The zero-order valence-electron chi connectivity index (χ0n) is 60.5. The van der Waals surface area contributed by atoms with Crippen molar-refractivity contribution in [2.45, 2.75) is 335 Å². The highest BCUT2D eigenvalue weighted by Crippen LogP contribution is 2.50. The zero-order valence-corrected chi connectivity index (χ0v) is 62.5. The van der Waals surface area contributed by atoms with Crippen LogP contribution < -0.4 is 0 Å². The lowest BCUT2D eigenvalue weighted by atomic mass is 9.67. The lowest BCUT2D eigenvalue weighted by molar-refractivity contribution is -0.299. The topological polar surface area (TPSA) is 172 Å². The summed E-state index contributed by atoms with van der Waals surface area (Å²) in [5.74, 6) is -3.79. The van der Waals surface area contributed by atoms with Gasteiger partial charge in [-0.2, -0.15) is 26.3 Å². The highest BCUT2D eigenvalue weighted by atomic mass is 28.3. The molecule has 526 valence electrons. The number of carbonyl (C=O) groups excluding carboxylic acids is 5. The van der Waals surface area contributed by atoms with Crippen LogP contribution in [0.5, 0.6) is 0 Å². The smallest absolute Gasteiger partial charge is 0.417 e. The van der Waals surface area contributed by atoms with E-state index in [0.29, 0.717) is 52.6 Å². The van der Waals surface area contributed by atoms with E-state index in [4.69, 9.17) is 23.7 Å². The van der Waals surface area contributed by atoms with Crippen LogP contribution in [0.4, 0.5) is 26.3 Å². The molecule has 1 rings (SSSR count). The van der Waals surface area contributed by atoms with Gasteiger partial charge < -0.3 is 33.9 Å². The Kier molecular flexibility index (Phi) is 42.8. The molecule has 0 bridgehead atoms. The van der Waals surface area contributed by atoms with Gasteiger partial charge in [-0.05, 0) is 166 Å². The number of ether oxygens (including phenoxy) is 5. The van der Waals surface area contributed by atoms with Crippen molar-refractivity contribution in [3.05, 3.63) is 0 Å². The average Bonchev–Trinajstić information content (AvgIpc) is 1.63. The van der Waals surface area contributed by atoms with Crippen molar-refractivity contribution in [2.24, 2.45) is 44.8 Å². The second kappa shape index (κ2) is 41.1. The minimum Gasteiger partial charge on any atom is -0.465 e. The standard InChI is InChI=1S/C18H28F6O4.C14H28O2.2C12H26O2Si.C12H24O2/c1-6-14(2,3)13(25)28-12-8-10(15(4,26)17(19,20)21)7-11(9-12)16(5,27)18(22,23)24;1-6-9-10-12(7-2)11-16-13(15)14(4,5)8-3;2*1-7-12(2,3)11(13)14-9-8-10-15(4,5)6;1-5-7-8-9-10-14-11(13)12(3,4)6-2/h10-12,26-27H,6-9H2,1-5H3;12H,6-11H2,1-5H3;2*7-10H2,1-6H3;5-10H2,1-4H3. The number of carbonyl (C=O) groups is 5. The molecule has 0 aromatic rings. The van der Waals surface area contributed by atoms with Gasteiger partial charge in [-0.3, -0.25) is 24.0 Å². The van der Waals surface area contributed by atoms with Gasteiger partial charge >= 0.3 is 42.2 Å². The van der Waals surface area contributed by atoms with E-state index in [2.05, 4.69) is 60.1 Å². The van der Waals surface area contributed by atoms with Crippen molar-refractivity contribution in [1.82, 2.24) is 0 Å². The van der Waals surface area contributed by atoms with E-state index in [-0.39, 0.29) is 45.5 Å². The van der Waals surface area contributed by atoms with Crippen LogP contribution in [0.3, 0.4) is 0 Å². The van der Waals surface area contributed by atoms with Crippen molar-refractivity contribution in [1.29, 1.82) is 0 Å². The highest BCUT2D eigenvalue weighted by Gasteiger charge is 2.62. The molecule has 5 unspecified atom stereocenters. The van der Waals surface area contributed by atoms with Crippen molar-refractivity contribution in [3.63, 3.8) is 0 Å². The van der Waals surface area contributed by atoms with Crippen LogP contribution in [-0.2, 0) is 47.7 Å². The minimum atomic E-state index is -5.10. The molecule has 20 heteroatoms. The number of esters is 5. The van der Waals surface area contributed by atoms with Gasteiger partial charge in [0.25, 0.3) is 0 Å². The zero-order chi connectivity index (χ0) is 70.2. The number of hydrogen-bond acceptors (Lipinski definition) is 12. The molecule has 0 radical (unpaired) electrons. The maximum atomic E-state index is 13.3. The summed E-state index contributed by atoms with van der Waals surface area (Å²) in [6, 6.07) is 2.46. The van der Waals surface area contributed by atoms with E-state index in [9.17, 15) is 60.5 Å². The van der Waals surface area contributed by atoms with Gasteiger partial charge in [0.1, 0.15) is 6.10 Å². The van der Waals surface area contributed by atoms with Crippen LogP contribution in [-0.4, -0.2) is 112 Å². The Bertz CT molecular complexity index is 1870. The average molecular weight is 1310 g/mol. The Hall–Kier alpha value is -2.72. The third-order valence-electron chi connectivity index (χ3n) is 17.7. The number of alkyl halides is 6. The predicted octanol–water partition coefficient (Wildman–Crippen LogP) is 19.5. The molecule has 1 aliphatic rings. The molecule has 2 N–H and O–H groups in total. The third kappa shape index (κ3) is 37.7. The second-order valence-electron chi connectivity index (χ2n) is 30.4. The molecular formula is C68H132F6O12Si2. The first-order valence-electron chi connectivity index (χ1n) is 33.1. The molecule has 12 nitrogen and oxygen atoms in total. The summed E-state index contributed by atoms with van der Waals surface area (Å²) in [5, 5.41) is 20.0. The summed E-state index contributed by atoms with van der Waals surface area (Å²) in [5.41, 5.74) is -8.84. The lowest BCUT2D eigenvalue weighted by Crippen LogP contribution is -2.57. The van der Waals surface area contributed by atoms with Crippen LogP contribution in [0.15, 0.2) is 0 Å². The molecule has 88 heavy (non-hydrogen) atoms. The maximum absolute atomic E-state index is 13.3. The van der Waals surface area contributed by atoms with Crippen molar-refractivity contribution >= 4 is 46.0 Å². The maximum Gasteiger partial charge on any atom is 0.417 e. The summed E-state index contributed by atoms with van der Waals surface area (Å²) < 4.78 is 106. The fourth-order valence-electron chi connectivity index (χ4n) is 7.88. The number of halogens is 6. The second-order valence-corrected chi connectivity index (χ2v) is 41.7. The van der Waals surface area contributed by atoms with Crippen molar-refractivity contribution in [2.75, 3.05) is 26.4 Å². The molecule has 0 saturated heterocycles. The summed E-state index contributed by atoms with van der Waals surface area (Å²) in [4.78, 5) is 58.8. The molecule has 0 spiro atoms. The minimum absolute atomic E-state index is 0.0510. The van der Waals surface area contributed by atoms with Gasteiger partial charge in [0, 0.05) is 28.0 Å². The Balaban J connectivity index is -0.000000518. The lowest BCUT2D eigenvalue weighted by Gasteiger charge is -2.46. The fourth-order valence-corrected chi connectivity index (χ4v) is 10.3. The first-order chi connectivity index (χ1) is 39.7. The molecular weight excluding hydrogens is 1180 g/mol. The molecule has 1 aliphatic carbocycles. The van der Waals surface area contributed by atoms with E-state index in [1.165, 1.54) is 44.2 Å².